The lowest BCUT2D eigenvalue weighted by molar-refractivity contribution is 0.275. The molecule has 0 bridgehead atoms. The summed E-state index contributed by atoms with van der Waals surface area (Å²) in [6.07, 6.45) is 0. The summed E-state index contributed by atoms with van der Waals surface area (Å²) in [5, 5.41) is 0. The molecule has 1 aromatic rings. The summed E-state index contributed by atoms with van der Waals surface area (Å²) in [6.45, 7) is 4.46. The van der Waals surface area contributed by atoms with Crippen molar-refractivity contribution in [2.24, 2.45) is 7.05 Å². The number of rotatable bonds is 7. The molecule has 10 heteroatoms. The molecule has 0 spiro atoms. The molecule has 0 fully saturated rings. The summed E-state index contributed by atoms with van der Waals surface area (Å²) in [6, 6.07) is 0. The van der Waals surface area contributed by atoms with Crippen molar-refractivity contribution in [2.75, 3.05) is 13.2 Å². The van der Waals surface area contributed by atoms with E-state index in [2.05, 4.69) is 4.52 Å². The highest BCUT2D eigenvalue weighted by Crippen LogP contribution is 2.61. The number of aromatic nitrogens is 2. The predicted octanol–water partition coefficient (Wildman–Crippen LogP) is 1.13. The number of hydrogen-bond donors (Lipinski definition) is 0. The average Bonchev–Trinajstić information content (AvgIpc) is 2.52. The van der Waals surface area contributed by atoms with Gasteiger partial charge in [-0.2, -0.15) is 4.74 Å². The van der Waals surface area contributed by atoms with Crippen molar-refractivity contribution < 1.29 is 13.6 Å². The normalized spacial score (nSPS) is 11.9. The van der Waals surface area contributed by atoms with Crippen LogP contribution < -0.4 is 11.4 Å². The van der Waals surface area contributed by atoms with Crippen molar-refractivity contribution >= 4 is 28.9 Å². The van der Waals surface area contributed by atoms with Crippen LogP contribution in [0.2, 0.25) is 0 Å². The van der Waals surface area contributed by atoms with Crippen LogP contribution in [0.4, 0.5) is 0 Å². The zero-order chi connectivity index (χ0) is 13.8. The molecule has 1 heterocycles. The second-order valence-electron chi connectivity index (χ2n) is 3.11. The van der Waals surface area contributed by atoms with Gasteiger partial charge in [-0.05, 0) is 37.0 Å². The van der Waals surface area contributed by atoms with Crippen molar-refractivity contribution in [3.05, 3.63) is 21.0 Å². The number of nitrogens with zero attached hydrogens (tertiary/aromatic N) is 2. The molecule has 0 unspecified atom stereocenters. The molecule has 1 rings (SSSR count). The van der Waals surface area contributed by atoms with Gasteiger partial charge in [-0.3, -0.25) is 0 Å². The Kier molecular flexibility index (Phi) is 5.87. The minimum Gasteiger partial charge on any atom is -0.322 e. The van der Waals surface area contributed by atoms with Gasteiger partial charge in [0.05, 0.1) is 26.1 Å². The summed E-state index contributed by atoms with van der Waals surface area (Å²) >= 11 is 6.41. The van der Waals surface area contributed by atoms with Gasteiger partial charge in [0.1, 0.15) is 0 Å². The highest BCUT2D eigenvalue weighted by Gasteiger charge is 2.21. The van der Waals surface area contributed by atoms with E-state index >= 15 is 0 Å². The van der Waals surface area contributed by atoms with Crippen molar-refractivity contribution in [2.45, 2.75) is 19.7 Å². The van der Waals surface area contributed by atoms with Crippen LogP contribution in [0.3, 0.4) is 0 Å². The van der Waals surface area contributed by atoms with Crippen molar-refractivity contribution in [1.82, 2.24) is 9.31 Å². The van der Waals surface area contributed by atoms with Crippen molar-refractivity contribution in [1.29, 1.82) is 0 Å². The first-order chi connectivity index (χ1) is 8.43. The SMILES string of the molecule is CCOP(=S)(OCC)SCn1c(=O)on(C)c1=O. The first-order valence-electron chi connectivity index (χ1n) is 5.24. The molecule has 1 aromatic heterocycles. The Morgan fingerprint density at radius 3 is 2.28 bits per heavy atom. The topological polar surface area (TPSA) is 75.6 Å². The van der Waals surface area contributed by atoms with E-state index in [9.17, 15) is 9.59 Å². The van der Waals surface area contributed by atoms with Gasteiger partial charge < -0.3 is 13.6 Å². The van der Waals surface area contributed by atoms with Crippen molar-refractivity contribution in [3.63, 3.8) is 0 Å². The third kappa shape index (κ3) is 3.83. The monoisotopic (exact) mass is 314 g/mol. The Morgan fingerprint density at radius 1 is 1.33 bits per heavy atom. The smallest absolute Gasteiger partial charge is 0.322 e. The van der Waals surface area contributed by atoms with E-state index in [1.54, 1.807) is 0 Å². The summed E-state index contributed by atoms with van der Waals surface area (Å²) in [5.41, 5.74) is -3.04. The average molecular weight is 314 g/mol. The van der Waals surface area contributed by atoms with Crippen LogP contribution in [-0.2, 0) is 33.8 Å². The standard InChI is InChI=1S/C8H15N2O5PS2/c1-4-13-16(17,14-5-2)18-6-10-7(11)9(3)15-8(10)12/h4-6H2,1-3H3. The van der Waals surface area contributed by atoms with Crippen molar-refractivity contribution in [3.8, 4) is 0 Å². The fourth-order valence-electron chi connectivity index (χ4n) is 1.12. The maximum Gasteiger partial charge on any atom is 0.443 e. The molecule has 0 saturated carbocycles. The Bertz CT molecular complexity index is 538. The van der Waals surface area contributed by atoms with E-state index in [0.717, 1.165) is 20.7 Å². The van der Waals surface area contributed by atoms with Gasteiger partial charge >= 0.3 is 11.4 Å². The van der Waals surface area contributed by atoms with Gasteiger partial charge in [0.15, 0.2) is 0 Å². The van der Waals surface area contributed by atoms with E-state index < -0.39 is 17.1 Å². The second-order valence-corrected chi connectivity index (χ2v) is 9.39. The molecule has 0 N–H and O–H groups in total. The zero-order valence-electron chi connectivity index (χ0n) is 10.3. The van der Waals surface area contributed by atoms with Crippen LogP contribution in [0.25, 0.3) is 0 Å². The molecule has 0 saturated heterocycles. The Balaban J connectivity index is 2.82. The molecular weight excluding hydrogens is 299 g/mol. The van der Waals surface area contributed by atoms with Gasteiger partial charge in [0.2, 0.25) is 5.69 Å². The molecule has 0 atom stereocenters. The lowest BCUT2D eigenvalue weighted by atomic mass is 10.9. The third-order valence-electron chi connectivity index (χ3n) is 1.86. The van der Waals surface area contributed by atoms with Crippen LogP contribution in [0.1, 0.15) is 13.8 Å². The minimum atomic E-state index is -2.51. The number of hydrogen-bond acceptors (Lipinski definition) is 7. The minimum absolute atomic E-state index is 0.0548. The van der Waals surface area contributed by atoms with Gasteiger partial charge in [0.25, 0.3) is 0 Å². The third-order valence-corrected chi connectivity index (χ3v) is 7.20. The van der Waals surface area contributed by atoms with Gasteiger partial charge in [-0.1, -0.05) is 0 Å². The number of aryl methyl sites for hydroxylation is 1. The summed E-state index contributed by atoms with van der Waals surface area (Å²) < 4.78 is 17.2. The summed E-state index contributed by atoms with van der Waals surface area (Å²) in [5.74, 6) is -0.663. The molecule has 18 heavy (non-hydrogen) atoms. The van der Waals surface area contributed by atoms with Gasteiger partial charge in [-0.25, -0.2) is 14.2 Å². The summed E-state index contributed by atoms with van der Waals surface area (Å²) in [4.78, 5) is 22.9. The van der Waals surface area contributed by atoms with Crippen LogP contribution >= 0.6 is 17.1 Å². The Morgan fingerprint density at radius 2 is 1.89 bits per heavy atom. The highest BCUT2D eigenvalue weighted by molar-refractivity contribution is 8.67. The second kappa shape index (κ2) is 6.72. The molecule has 0 aromatic carbocycles. The lowest BCUT2D eigenvalue weighted by Crippen LogP contribution is -2.27. The van der Waals surface area contributed by atoms with E-state index in [0.29, 0.717) is 13.2 Å². The first kappa shape index (κ1) is 15.7. The maximum atomic E-state index is 11.5. The van der Waals surface area contributed by atoms with E-state index in [4.69, 9.17) is 20.9 Å². The molecule has 7 nitrogen and oxygen atoms in total. The van der Waals surface area contributed by atoms with Crippen LogP contribution in [-0.4, -0.2) is 22.5 Å². The molecule has 0 radical (unpaired) electrons. The van der Waals surface area contributed by atoms with E-state index in [1.807, 2.05) is 13.8 Å². The Hall–Kier alpha value is -0.340. The van der Waals surface area contributed by atoms with Crippen LogP contribution in [0.15, 0.2) is 14.1 Å². The van der Waals surface area contributed by atoms with Crippen LogP contribution in [0, 0.1) is 0 Å². The van der Waals surface area contributed by atoms with Gasteiger partial charge in [-0.15, -0.1) is 0 Å². The fourth-order valence-corrected chi connectivity index (χ4v) is 5.35. The quantitative estimate of drug-likeness (QED) is 0.698. The molecule has 104 valence electrons. The van der Waals surface area contributed by atoms with E-state index in [-0.39, 0.29) is 5.88 Å². The molecule has 0 aliphatic carbocycles. The molecule has 0 aliphatic heterocycles. The predicted molar refractivity (Wildman–Crippen MR) is 73.3 cm³/mol. The van der Waals surface area contributed by atoms with E-state index in [1.165, 1.54) is 7.05 Å². The molecular formula is C8H15N2O5PS2. The zero-order valence-corrected chi connectivity index (χ0v) is 12.8. The maximum absolute atomic E-state index is 11.5. The Labute approximate surface area is 113 Å². The van der Waals surface area contributed by atoms with Gasteiger partial charge in [0, 0.05) is 0 Å². The fraction of sp³-hybridized carbons (Fsp3) is 0.750. The molecule has 0 amide bonds. The highest BCUT2D eigenvalue weighted by atomic mass is 32.9. The van der Waals surface area contributed by atoms with Crippen LogP contribution in [0.5, 0.6) is 0 Å². The first-order valence-corrected chi connectivity index (χ1v) is 9.47. The molecule has 0 aliphatic rings. The summed E-state index contributed by atoms with van der Waals surface area (Å²) in [7, 11) is 1.37. The largest absolute Gasteiger partial charge is 0.443 e. The lowest BCUT2D eigenvalue weighted by Gasteiger charge is -2.19.